The highest BCUT2D eigenvalue weighted by molar-refractivity contribution is 5.81. The van der Waals surface area contributed by atoms with E-state index in [1.807, 2.05) is 6.07 Å². The van der Waals surface area contributed by atoms with E-state index in [4.69, 9.17) is 13.9 Å². The van der Waals surface area contributed by atoms with E-state index in [0.29, 0.717) is 19.2 Å². The topological polar surface area (TPSA) is 63.9 Å². The largest absolute Gasteiger partial charge is 0.472 e. The molecule has 1 aromatic rings. The Kier molecular flexibility index (Phi) is 4.57. The van der Waals surface area contributed by atoms with Gasteiger partial charge >= 0.3 is 0 Å². The van der Waals surface area contributed by atoms with Gasteiger partial charge in [0.15, 0.2) is 0 Å². The van der Waals surface area contributed by atoms with Crippen LogP contribution >= 0.6 is 0 Å². The van der Waals surface area contributed by atoms with E-state index in [-0.39, 0.29) is 18.1 Å². The zero-order valence-corrected chi connectivity index (χ0v) is 12.3. The number of hydrogen-bond donors (Lipinski definition) is 1. The molecule has 3 atom stereocenters. The SMILES string of the molecule is COCCNC(=O)[C@@H]1C[C@@H]2[C@@H](CCN2Cc2ccoc2)O1. The molecule has 0 unspecified atom stereocenters. The Morgan fingerprint density at radius 3 is 3.24 bits per heavy atom. The molecule has 2 aliphatic rings. The Morgan fingerprint density at radius 2 is 2.48 bits per heavy atom. The smallest absolute Gasteiger partial charge is 0.249 e. The summed E-state index contributed by atoms with van der Waals surface area (Å²) < 4.78 is 16.0. The Labute approximate surface area is 124 Å². The molecule has 1 N–H and O–H groups in total. The molecule has 6 nitrogen and oxygen atoms in total. The van der Waals surface area contributed by atoms with Gasteiger partial charge in [0.2, 0.25) is 5.91 Å². The van der Waals surface area contributed by atoms with Crippen molar-refractivity contribution in [2.45, 2.75) is 37.6 Å². The molecule has 2 aliphatic heterocycles. The first-order valence-corrected chi connectivity index (χ1v) is 7.45. The fourth-order valence-electron chi connectivity index (χ4n) is 3.20. The molecule has 21 heavy (non-hydrogen) atoms. The third-order valence-corrected chi connectivity index (χ3v) is 4.26. The summed E-state index contributed by atoms with van der Waals surface area (Å²) in [7, 11) is 1.62. The van der Waals surface area contributed by atoms with Crippen LogP contribution in [0.25, 0.3) is 0 Å². The highest BCUT2D eigenvalue weighted by atomic mass is 16.5. The van der Waals surface area contributed by atoms with Gasteiger partial charge in [0.25, 0.3) is 0 Å². The summed E-state index contributed by atoms with van der Waals surface area (Å²) in [5.41, 5.74) is 1.17. The van der Waals surface area contributed by atoms with Crippen LogP contribution in [-0.4, -0.2) is 55.9 Å². The third-order valence-electron chi connectivity index (χ3n) is 4.26. The second-order valence-electron chi connectivity index (χ2n) is 5.64. The van der Waals surface area contributed by atoms with Gasteiger partial charge in [-0.1, -0.05) is 0 Å². The van der Waals surface area contributed by atoms with Gasteiger partial charge in [0, 0.05) is 44.8 Å². The number of methoxy groups -OCH3 is 1. The van der Waals surface area contributed by atoms with Crippen molar-refractivity contribution in [1.29, 1.82) is 0 Å². The molecule has 2 saturated heterocycles. The van der Waals surface area contributed by atoms with Crippen LogP contribution in [0.5, 0.6) is 0 Å². The number of nitrogens with one attached hydrogen (secondary N) is 1. The number of hydrogen-bond acceptors (Lipinski definition) is 5. The quantitative estimate of drug-likeness (QED) is 0.785. The Bertz CT molecular complexity index is 462. The number of rotatable bonds is 6. The number of carbonyl (C=O) groups is 1. The van der Waals surface area contributed by atoms with Crippen LogP contribution in [0.15, 0.2) is 23.0 Å². The second-order valence-corrected chi connectivity index (χ2v) is 5.64. The maximum absolute atomic E-state index is 12.0. The van der Waals surface area contributed by atoms with E-state index in [1.165, 1.54) is 5.56 Å². The molecule has 3 rings (SSSR count). The van der Waals surface area contributed by atoms with Gasteiger partial charge in [-0.15, -0.1) is 0 Å². The van der Waals surface area contributed by atoms with Crippen LogP contribution in [0.3, 0.4) is 0 Å². The summed E-state index contributed by atoms with van der Waals surface area (Å²) in [6.45, 7) is 2.93. The molecule has 0 aromatic carbocycles. The van der Waals surface area contributed by atoms with E-state index in [1.54, 1.807) is 19.6 Å². The highest BCUT2D eigenvalue weighted by Gasteiger charge is 2.45. The fraction of sp³-hybridized carbons (Fsp3) is 0.667. The van der Waals surface area contributed by atoms with Crippen LogP contribution in [0.1, 0.15) is 18.4 Å². The maximum atomic E-state index is 12.0. The summed E-state index contributed by atoms with van der Waals surface area (Å²) in [5, 5.41) is 2.85. The Hall–Kier alpha value is -1.37. The van der Waals surface area contributed by atoms with Gasteiger partial charge < -0.3 is 19.2 Å². The third kappa shape index (κ3) is 3.28. The number of furan rings is 1. The summed E-state index contributed by atoms with van der Waals surface area (Å²) in [4.78, 5) is 14.4. The number of amides is 1. The van der Waals surface area contributed by atoms with Crippen molar-refractivity contribution in [3.8, 4) is 0 Å². The lowest BCUT2D eigenvalue weighted by Crippen LogP contribution is -2.37. The molecule has 0 radical (unpaired) electrons. The van der Waals surface area contributed by atoms with Gasteiger partial charge in [0.05, 0.1) is 25.2 Å². The molecule has 1 amide bonds. The first-order chi connectivity index (χ1) is 10.3. The normalized spacial score (nSPS) is 28.7. The number of fused-ring (bicyclic) bond motifs is 1. The van der Waals surface area contributed by atoms with E-state index < -0.39 is 0 Å². The summed E-state index contributed by atoms with van der Waals surface area (Å²) in [5.74, 6) is -0.0234. The van der Waals surface area contributed by atoms with Crippen molar-refractivity contribution in [2.75, 3.05) is 26.8 Å². The van der Waals surface area contributed by atoms with Gasteiger partial charge in [0.1, 0.15) is 6.10 Å². The molecule has 2 fully saturated rings. The number of nitrogens with zero attached hydrogens (tertiary/aromatic N) is 1. The van der Waals surface area contributed by atoms with Gasteiger partial charge in [-0.2, -0.15) is 0 Å². The average Bonchev–Trinajstić information content (AvgIpc) is 3.18. The number of ether oxygens (including phenoxy) is 2. The van der Waals surface area contributed by atoms with Crippen molar-refractivity contribution in [1.82, 2.24) is 10.2 Å². The lowest BCUT2D eigenvalue weighted by molar-refractivity contribution is -0.132. The molecule has 0 aliphatic carbocycles. The van der Waals surface area contributed by atoms with Crippen molar-refractivity contribution in [3.05, 3.63) is 24.2 Å². The van der Waals surface area contributed by atoms with E-state index >= 15 is 0 Å². The molecule has 3 heterocycles. The fourth-order valence-corrected chi connectivity index (χ4v) is 3.20. The van der Waals surface area contributed by atoms with Gasteiger partial charge in [-0.25, -0.2) is 0 Å². The predicted octanol–water partition coefficient (Wildman–Crippen LogP) is 0.774. The first kappa shape index (κ1) is 14.6. The molecule has 0 bridgehead atoms. The van der Waals surface area contributed by atoms with Crippen molar-refractivity contribution in [3.63, 3.8) is 0 Å². The van der Waals surface area contributed by atoms with Crippen LogP contribution in [0.2, 0.25) is 0 Å². The van der Waals surface area contributed by atoms with E-state index in [0.717, 1.165) is 25.9 Å². The lowest BCUT2D eigenvalue weighted by Gasteiger charge is -2.21. The van der Waals surface area contributed by atoms with Crippen LogP contribution in [0, 0.1) is 0 Å². The Balaban J connectivity index is 1.52. The zero-order valence-electron chi connectivity index (χ0n) is 12.3. The highest BCUT2D eigenvalue weighted by Crippen LogP contribution is 2.33. The predicted molar refractivity (Wildman–Crippen MR) is 75.7 cm³/mol. The molecule has 0 spiro atoms. The van der Waals surface area contributed by atoms with E-state index in [9.17, 15) is 4.79 Å². The standard InChI is InChI=1S/C15H22N2O4/c1-19-7-4-16-15(18)14-8-12-13(21-14)2-5-17(12)9-11-3-6-20-10-11/h3,6,10,12-14H,2,4-5,7-9H2,1H3,(H,16,18)/t12-,13-,14+/m1/s1. The number of likely N-dealkylation sites (tertiary alicyclic amines) is 1. The van der Waals surface area contributed by atoms with Gasteiger partial charge in [-0.05, 0) is 12.5 Å². The molecule has 0 saturated carbocycles. The zero-order chi connectivity index (χ0) is 14.7. The molecule has 116 valence electrons. The van der Waals surface area contributed by atoms with Crippen LogP contribution < -0.4 is 5.32 Å². The first-order valence-electron chi connectivity index (χ1n) is 7.45. The minimum absolute atomic E-state index is 0.0234. The molecular weight excluding hydrogens is 272 g/mol. The summed E-state index contributed by atoms with van der Waals surface area (Å²) in [6.07, 6.45) is 5.07. The molecule has 6 heteroatoms. The van der Waals surface area contributed by atoms with Crippen molar-refractivity contribution < 1.29 is 18.7 Å². The minimum Gasteiger partial charge on any atom is -0.472 e. The Morgan fingerprint density at radius 1 is 1.57 bits per heavy atom. The minimum atomic E-state index is -0.330. The number of carbonyl (C=O) groups excluding carboxylic acids is 1. The van der Waals surface area contributed by atoms with Gasteiger partial charge in [-0.3, -0.25) is 9.69 Å². The van der Waals surface area contributed by atoms with Crippen LogP contribution in [0.4, 0.5) is 0 Å². The average molecular weight is 294 g/mol. The van der Waals surface area contributed by atoms with Crippen molar-refractivity contribution >= 4 is 5.91 Å². The molecule has 1 aromatic heterocycles. The van der Waals surface area contributed by atoms with Crippen LogP contribution in [-0.2, 0) is 20.8 Å². The molecular formula is C15H22N2O4. The maximum Gasteiger partial charge on any atom is 0.249 e. The monoisotopic (exact) mass is 294 g/mol. The second kappa shape index (κ2) is 6.60. The summed E-state index contributed by atoms with van der Waals surface area (Å²) >= 11 is 0. The summed E-state index contributed by atoms with van der Waals surface area (Å²) in [6, 6.07) is 2.32. The lowest BCUT2D eigenvalue weighted by atomic mass is 10.1. The van der Waals surface area contributed by atoms with Crippen molar-refractivity contribution in [2.24, 2.45) is 0 Å². The van der Waals surface area contributed by atoms with E-state index in [2.05, 4.69) is 10.2 Å².